The number of hydrogen-bond donors (Lipinski definition) is 0. The van der Waals surface area contributed by atoms with E-state index in [1.54, 1.807) is 0 Å². The normalized spacial score (nSPS) is 24.3. The molecule has 48 valence electrons. The van der Waals surface area contributed by atoms with Gasteiger partial charge >= 0.3 is 0 Å². The Morgan fingerprint density at radius 1 is 1.78 bits per heavy atom. The van der Waals surface area contributed by atoms with Crippen LogP contribution in [0.15, 0.2) is 12.4 Å². The third-order valence-electron chi connectivity index (χ3n) is 1.99. The molecule has 0 saturated heterocycles. The van der Waals surface area contributed by atoms with Gasteiger partial charge in [-0.15, -0.1) is 0 Å². The van der Waals surface area contributed by atoms with E-state index in [0.717, 1.165) is 6.54 Å². The van der Waals surface area contributed by atoms with Crippen LogP contribution < -0.4 is 0 Å². The number of nitrogens with zero attached hydrogens (tertiary/aromatic N) is 2. The van der Waals surface area contributed by atoms with Gasteiger partial charge in [-0.3, -0.25) is 0 Å². The van der Waals surface area contributed by atoms with E-state index in [1.807, 2.05) is 6.20 Å². The van der Waals surface area contributed by atoms with Crippen LogP contribution in [-0.4, -0.2) is 9.55 Å². The number of hydrogen-bond acceptors (Lipinski definition) is 1. The molecule has 0 N–H and O–H groups in total. The summed E-state index contributed by atoms with van der Waals surface area (Å²) in [7, 11) is 0. The van der Waals surface area contributed by atoms with Gasteiger partial charge in [-0.2, -0.15) is 0 Å². The maximum absolute atomic E-state index is 4.24. The fraction of sp³-hybridized carbons (Fsp3) is 0.571. The molecule has 2 heterocycles. The van der Waals surface area contributed by atoms with Crippen molar-refractivity contribution < 1.29 is 0 Å². The van der Waals surface area contributed by atoms with Crippen molar-refractivity contribution in [2.24, 2.45) is 0 Å². The quantitative estimate of drug-likeness (QED) is 0.508. The second-order valence-corrected chi connectivity index (χ2v) is 2.67. The molecular weight excluding hydrogens is 112 g/mol. The molecule has 0 amide bonds. The molecule has 0 radical (unpaired) electrons. The highest BCUT2D eigenvalue weighted by atomic mass is 15.1. The average molecular weight is 122 g/mol. The third kappa shape index (κ3) is 0.590. The fourth-order valence-corrected chi connectivity index (χ4v) is 1.40. The predicted octanol–water partition coefficient (Wildman–Crippen LogP) is 1.39. The van der Waals surface area contributed by atoms with Crippen molar-refractivity contribution in [3.63, 3.8) is 0 Å². The summed E-state index contributed by atoms with van der Waals surface area (Å²) in [5.41, 5.74) is 0. The Morgan fingerprint density at radius 3 is 3.44 bits per heavy atom. The summed E-state index contributed by atoms with van der Waals surface area (Å²) in [6.07, 6.45) is 5.20. The van der Waals surface area contributed by atoms with Crippen LogP contribution in [0.5, 0.6) is 0 Å². The molecule has 1 unspecified atom stereocenters. The van der Waals surface area contributed by atoms with Crippen LogP contribution in [0, 0.1) is 0 Å². The third-order valence-corrected chi connectivity index (χ3v) is 1.99. The zero-order valence-corrected chi connectivity index (χ0v) is 5.54. The molecule has 1 aromatic heterocycles. The van der Waals surface area contributed by atoms with Crippen molar-refractivity contribution in [1.29, 1.82) is 0 Å². The molecule has 0 aliphatic carbocycles. The summed E-state index contributed by atoms with van der Waals surface area (Å²) in [5.74, 6) is 1.94. The molecule has 0 fully saturated rings. The molecule has 1 aromatic rings. The van der Waals surface area contributed by atoms with E-state index in [1.165, 1.54) is 12.2 Å². The van der Waals surface area contributed by atoms with Gasteiger partial charge in [-0.25, -0.2) is 4.98 Å². The number of aromatic nitrogens is 2. The fourth-order valence-electron chi connectivity index (χ4n) is 1.40. The zero-order chi connectivity index (χ0) is 6.27. The molecule has 1 aliphatic heterocycles. The second-order valence-electron chi connectivity index (χ2n) is 2.67. The lowest BCUT2D eigenvalue weighted by molar-refractivity contribution is 0.700. The van der Waals surface area contributed by atoms with Gasteiger partial charge in [-0.05, 0) is 6.42 Å². The predicted molar refractivity (Wildman–Crippen MR) is 35.3 cm³/mol. The standard InChI is InChI=1S/C7H10N2/c1-6-2-4-9-5-3-8-7(6)9/h3,5-6H,2,4H2,1H3. The van der Waals surface area contributed by atoms with Gasteiger partial charge in [0.2, 0.25) is 0 Å². The molecule has 2 nitrogen and oxygen atoms in total. The van der Waals surface area contributed by atoms with E-state index in [0.29, 0.717) is 5.92 Å². The average Bonchev–Trinajstić information content (AvgIpc) is 2.35. The van der Waals surface area contributed by atoms with E-state index in [2.05, 4.69) is 22.7 Å². The van der Waals surface area contributed by atoms with Crippen LogP contribution in [0.1, 0.15) is 25.1 Å². The lowest BCUT2D eigenvalue weighted by Gasteiger charge is -1.94. The first kappa shape index (κ1) is 5.03. The summed E-state index contributed by atoms with van der Waals surface area (Å²) in [5, 5.41) is 0. The molecule has 1 atom stereocenters. The Balaban J connectivity index is 2.49. The molecule has 0 spiro atoms. The monoisotopic (exact) mass is 122 g/mol. The van der Waals surface area contributed by atoms with Crippen LogP contribution >= 0.6 is 0 Å². The zero-order valence-electron chi connectivity index (χ0n) is 5.54. The van der Waals surface area contributed by atoms with Crippen molar-refractivity contribution in [1.82, 2.24) is 9.55 Å². The van der Waals surface area contributed by atoms with Crippen molar-refractivity contribution in [2.75, 3.05) is 0 Å². The van der Waals surface area contributed by atoms with Crippen LogP contribution in [-0.2, 0) is 6.54 Å². The lowest BCUT2D eigenvalue weighted by Crippen LogP contribution is -1.89. The second kappa shape index (κ2) is 1.59. The van der Waals surface area contributed by atoms with E-state index in [4.69, 9.17) is 0 Å². The SMILES string of the molecule is CC1CCn2ccnc21. The van der Waals surface area contributed by atoms with Crippen molar-refractivity contribution in [2.45, 2.75) is 25.8 Å². The maximum atomic E-state index is 4.24. The highest BCUT2D eigenvalue weighted by molar-refractivity contribution is 5.03. The molecule has 0 aromatic carbocycles. The maximum Gasteiger partial charge on any atom is 0.111 e. The van der Waals surface area contributed by atoms with Crippen molar-refractivity contribution in [3.8, 4) is 0 Å². The number of fused-ring (bicyclic) bond motifs is 1. The van der Waals surface area contributed by atoms with Crippen LogP contribution in [0.25, 0.3) is 0 Å². The Kier molecular flexibility index (Phi) is 0.891. The summed E-state index contributed by atoms with van der Waals surface area (Å²) in [6.45, 7) is 3.39. The minimum atomic E-state index is 0.681. The summed E-state index contributed by atoms with van der Waals surface area (Å²) >= 11 is 0. The first-order valence-electron chi connectivity index (χ1n) is 3.39. The highest BCUT2D eigenvalue weighted by Gasteiger charge is 2.17. The summed E-state index contributed by atoms with van der Waals surface area (Å²) in [6, 6.07) is 0. The molecule has 9 heavy (non-hydrogen) atoms. The van der Waals surface area contributed by atoms with Crippen molar-refractivity contribution in [3.05, 3.63) is 18.2 Å². The minimum absolute atomic E-state index is 0.681. The van der Waals surface area contributed by atoms with E-state index in [9.17, 15) is 0 Å². The van der Waals surface area contributed by atoms with Gasteiger partial charge in [-0.1, -0.05) is 6.92 Å². The largest absolute Gasteiger partial charge is 0.335 e. The number of aryl methyl sites for hydroxylation is 1. The molecule has 2 heteroatoms. The number of imidazole rings is 1. The van der Waals surface area contributed by atoms with Crippen LogP contribution in [0.2, 0.25) is 0 Å². The first-order valence-corrected chi connectivity index (χ1v) is 3.39. The lowest BCUT2D eigenvalue weighted by atomic mass is 10.1. The Hall–Kier alpha value is -0.790. The van der Waals surface area contributed by atoms with Gasteiger partial charge in [0, 0.05) is 24.9 Å². The van der Waals surface area contributed by atoms with Crippen LogP contribution in [0.3, 0.4) is 0 Å². The van der Waals surface area contributed by atoms with Gasteiger partial charge in [0.15, 0.2) is 0 Å². The first-order chi connectivity index (χ1) is 4.38. The molecule has 1 aliphatic rings. The Morgan fingerprint density at radius 2 is 2.67 bits per heavy atom. The molecule has 0 saturated carbocycles. The summed E-state index contributed by atoms with van der Waals surface area (Å²) in [4.78, 5) is 4.24. The smallest absolute Gasteiger partial charge is 0.111 e. The number of rotatable bonds is 0. The van der Waals surface area contributed by atoms with Crippen molar-refractivity contribution >= 4 is 0 Å². The molecule has 0 bridgehead atoms. The highest BCUT2D eigenvalue weighted by Crippen LogP contribution is 2.24. The Bertz CT molecular complexity index is 214. The van der Waals surface area contributed by atoms with Gasteiger partial charge in [0.1, 0.15) is 5.82 Å². The topological polar surface area (TPSA) is 17.8 Å². The molecule has 2 rings (SSSR count). The Labute approximate surface area is 54.5 Å². The molecular formula is C7H10N2. The minimum Gasteiger partial charge on any atom is -0.335 e. The van der Waals surface area contributed by atoms with E-state index >= 15 is 0 Å². The van der Waals surface area contributed by atoms with E-state index < -0.39 is 0 Å². The van der Waals surface area contributed by atoms with E-state index in [-0.39, 0.29) is 0 Å². The van der Waals surface area contributed by atoms with Gasteiger partial charge < -0.3 is 4.57 Å². The summed E-state index contributed by atoms with van der Waals surface area (Å²) < 4.78 is 2.23. The van der Waals surface area contributed by atoms with Crippen LogP contribution in [0.4, 0.5) is 0 Å². The van der Waals surface area contributed by atoms with Gasteiger partial charge in [0.05, 0.1) is 0 Å². The van der Waals surface area contributed by atoms with Gasteiger partial charge in [0.25, 0.3) is 0 Å².